The molecule has 0 unspecified atom stereocenters. The molecule has 0 radical (unpaired) electrons. The zero-order valence-electron chi connectivity index (χ0n) is 86.2. The summed E-state index contributed by atoms with van der Waals surface area (Å²) in [7, 11) is 0. The van der Waals surface area contributed by atoms with Crippen LogP contribution in [0.25, 0.3) is 27.5 Å². The highest BCUT2D eigenvalue weighted by Gasteiger charge is 2.38. The predicted octanol–water partition coefficient (Wildman–Crippen LogP) is 38.8. The largest absolute Gasteiger partial charge is 0.309 e. The van der Waals surface area contributed by atoms with Crippen LogP contribution in [0.1, 0.15) is 366 Å². The van der Waals surface area contributed by atoms with Gasteiger partial charge < -0.3 is 19.3 Å². The summed E-state index contributed by atoms with van der Waals surface area (Å²) in [4.78, 5) is 7.33. The van der Waals surface area contributed by atoms with E-state index < -0.39 is 0 Å². The molecule has 8 aliphatic rings. The van der Waals surface area contributed by atoms with Crippen LogP contribution in [0.4, 0.5) is 51.2 Å². The third kappa shape index (κ3) is 27.2. The molecule has 21 rings (SSSR count). The van der Waals surface area contributed by atoms with Crippen LogP contribution < -0.4 is 14.7 Å². The van der Waals surface area contributed by atoms with E-state index in [0.717, 1.165) is 51.4 Å². The Balaban J connectivity index is -0.00000139. The lowest BCUT2D eigenvalue weighted by Crippen LogP contribution is -2.29. The average molecular weight is 1670 g/mol. The minimum atomic E-state index is 0.953. The van der Waals surface area contributed by atoms with Gasteiger partial charge in [0.1, 0.15) is 0 Å². The van der Waals surface area contributed by atoms with Crippen LogP contribution in [0.15, 0.2) is 218 Å². The van der Waals surface area contributed by atoms with Gasteiger partial charge in [-0.2, -0.15) is 0 Å². The summed E-state index contributed by atoms with van der Waals surface area (Å²) in [6.07, 6.45) is 8.04. The molecule has 0 spiro atoms. The summed E-state index contributed by atoms with van der Waals surface area (Å²) >= 11 is 0. The van der Waals surface area contributed by atoms with Crippen LogP contribution in [0.3, 0.4) is 0 Å². The Labute approximate surface area is 765 Å². The number of aromatic nitrogens is 1. The van der Waals surface area contributed by atoms with Gasteiger partial charge in [0.05, 0.1) is 45.2 Å². The number of fused-ring (bicyclic) bond motifs is 13. The van der Waals surface area contributed by atoms with Crippen molar-refractivity contribution in [3.8, 4) is 5.69 Å². The summed E-state index contributed by atoms with van der Waals surface area (Å²) < 4.78 is 2.43. The van der Waals surface area contributed by atoms with Crippen molar-refractivity contribution in [3.05, 3.63) is 344 Å². The van der Waals surface area contributed by atoms with Gasteiger partial charge in [-0.3, -0.25) is 0 Å². The maximum absolute atomic E-state index is 3.37. The Kier molecular flexibility index (Phi) is 66.0. The molecule has 1 aromatic heterocycles. The van der Waals surface area contributed by atoms with Crippen LogP contribution in [0.5, 0.6) is 0 Å². The number of para-hydroxylation sites is 9. The average Bonchev–Trinajstić information content (AvgIpc) is 1.04. The van der Waals surface area contributed by atoms with E-state index in [-0.39, 0.29) is 0 Å². The number of nitrogens with zero attached hydrogens (tertiary/aromatic N) is 4. The van der Waals surface area contributed by atoms with E-state index >= 15 is 0 Å². The molecule has 12 aromatic carbocycles. The smallest absolute Gasteiger partial charge is 0.0622 e. The van der Waals surface area contributed by atoms with Gasteiger partial charge in [-0.05, 0) is 126 Å². The van der Waals surface area contributed by atoms with Gasteiger partial charge in [0.15, 0.2) is 0 Å². The molecular formula is C120H172N4. The first-order chi connectivity index (χ1) is 61.7. The number of anilines is 9. The summed E-state index contributed by atoms with van der Waals surface area (Å²) in [5.74, 6) is 0. The van der Waals surface area contributed by atoms with E-state index in [9.17, 15) is 0 Å². The number of hydrogen-bond acceptors (Lipinski definition) is 3. The summed E-state index contributed by atoms with van der Waals surface area (Å²) in [5, 5.41) is 2.72. The normalized spacial score (nSPS) is 10.4. The molecule has 0 bridgehead atoms. The van der Waals surface area contributed by atoms with Crippen molar-refractivity contribution in [2.75, 3.05) is 14.7 Å². The minimum Gasteiger partial charge on any atom is -0.309 e. The highest BCUT2D eigenvalue weighted by Crippen LogP contribution is 2.56. The number of rotatable bonds is 0. The second-order valence-electron chi connectivity index (χ2n) is 23.4. The van der Waals surface area contributed by atoms with Gasteiger partial charge in [0, 0.05) is 102 Å². The van der Waals surface area contributed by atoms with E-state index in [1.807, 2.05) is 277 Å². The van der Waals surface area contributed by atoms with Gasteiger partial charge in [0.2, 0.25) is 0 Å². The lowest BCUT2D eigenvalue weighted by atomic mass is 9.81. The van der Waals surface area contributed by atoms with Gasteiger partial charge in [0.25, 0.3) is 0 Å². The topological polar surface area (TPSA) is 14.7 Å². The second-order valence-corrected chi connectivity index (χ2v) is 23.4. The third-order valence-corrected chi connectivity index (χ3v) is 18.7. The van der Waals surface area contributed by atoms with Crippen molar-refractivity contribution in [2.24, 2.45) is 0 Å². The Morgan fingerprint density at radius 2 is 0.427 bits per heavy atom. The fourth-order valence-electron chi connectivity index (χ4n) is 15.2. The third-order valence-electron chi connectivity index (χ3n) is 18.7. The standard InChI is InChI=1S/C21H13N.2C20H13N.C19H13N.20C2H6/c1-4-13-10-15-6-2-8-17-12-18-9-3-7-16-11-14(5-1)19(13)22(20(15)17)21(16)18;2*1-3-10-18-14(6-1)12-16-8-5-9-17-13-15-7-2-4-11-19(15)21(18)20(16)17;1-3-10-17-13(6-1)12-14-7-5-9-16-15-8-2-4-11-18(15)20(17)19(14)16;20*1-2/h1-2,4-8H,10-12H2;1,3,5-11H,12-13H2;1-4,6-8,10-11H,12-13H2;1-11H,12H2;20*1-2H3. The summed E-state index contributed by atoms with van der Waals surface area (Å²) in [5.41, 5.74) is 38.3. The molecule has 4 nitrogen and oxygen atoms in total. The summed E-state index contributed by atoms with van der Waals surface area (Å²) in [6, 6.07) is 98.2. The van der Waals surface area contributed by atoms with Gasteiger partial charge >= 0.3 is 0 Å². The first-order valence-corrected chi connectivity index (χ1v) is 49.5. The Hall–Kier alpha value is -10.7. The molecule has 0 saturated carbocycles. The number of hydrogen-bond donors (Lipinski definition) is 0. The fraction of sp³-hybridized carbons (Fsp3) is 0.400. The van der Waals surface area contributed by atoms with Crippen molar-refractivity contribution in [3.63, 3.8) is 0 Å². The van der Waals surface area contributed by atoms with E-state index in [4.69, 9.17) is 0 Å². The molecule has 124 heavy (non-hydrogen) atoms. The van der Waals surface area contributed by atoms with Crippen molar-refractivity contribution in [2.45, 2.75) is 328 Å². The van der Waals surface area contributed by atoms with Crippen LogP contribution in [-0.2, 0) is 51.4 Å². The number of benzene rings is 9. The first kappa shape index (κ1) is 117. The van der Waals surface area contributed by atoms with E-state index in [1.54, 1.807) is 0 Å². The highest BCUT2D eigenvalue weighted by molar-refractivity contribution is 6.11. The van der Waals surface area contributed by atoms with Crippen molar-refractivity contribution in [1.29, 1.82) is 0 Å². The Morgan fingerprint density at radius 3 is 0.855 bits per heavy atom. The monoisotopic (exact) mass is 1670 g/mol. The van der Waals surface area contributed by atoms with Crippen LogP contribution in [0, 0.1) is 36.4 Å². The molecule has 0 saturated heterocycles. The minimum absolute atomic E-state index is 0.953. The highest BCUT2D eigenvalue weighted by atomic mass is 15.2. The molecule has 0 fully saturated rings. The molecule has 4 heteroatoms. The molecule has 13 aromatic rings. The Morgan fingerprint density at radius 1 is 0.177 bits per heavy atom. The lowest BCUT2D eigenvalue weighted by molar-refractivity contribution is 0.958. The summed E-state index contributed by atoms with van der Waals surface area (Å²) in [6.45, 7) is 80.0. The lowest BCUT2D eigenvalue weighted by Gasteiger charge is -2.43. The SMILES string of the molecule is CC.CC.CC.CC.CC.CC.CC.CC.CC.CC.CC.CC.CC.CC.CC.CC.CC.CC.CC.CC.c1cc2c(cc#1)N1c3ccccc3Cc3cccc(c31)C2.c1cc2c3c(c#1)Cc1cccc4c1N3c1c(cccc1C4)C2.c1cc2c3c(c#1)Cc1ccccc1N3c1ccccc1C2.c1ccc2c(c1)Cc1cccc3c4ccccc4n-2c13. The quantitative estimate of drug-likeness (QED) is 0.150. The van der Waals surface area contributed by atoms with E-state index in [2.05, 4.69) is 274 Å². The van der Waals surface area contributed by atoms with Crippen molar-refractivity contribution < 1.29 is 0 Å². The predicted molar refractivity (Wildman–Crippen MR) is 567 cm³/mol. The zero-order chi connectivity index (χ0) is 95.0. The van der Waals surface area contributed by atoms with E-state index in [0.29, 0.717) is 0 Å². The van der Waals surface area contributed by atoms with Gasteiger partial charge in [-0.15, -0.1) is 0 Å². The maximum Gasteiger partial charge on any atom is 0.0622 e. The fourth-order valence-corrected chi connectivity index (χ4v) is 15.2. The molecule has 8 aliphatic heterocycles. The second kappa shape index (κ2) is 69.7. The van der Waals surface area contributed by atoms with Crippen LogP contribution in [-0.4, -0.2) is 4.57 Å². The molecule has 0 amide bonds. The van der Waals surface area contributed by atoms with E-state index in [1.165, 1.54) is 168 Å². The molecule has 9 heterocycles. The molecular weight excluding hydrogens is 1500 g/mol. The maximum atomic E-state index is 3.37. The molecule has 0 aliphatic carbocycles. The first-order valence-electron chi connectivity index (χ1n) is 49.5. The molecule has 0 atom stereocenters. The van der Waals surface area contributed by atoms with Crippen LogP contribution >= 0.6 is 0 Å². The molecule has 0 N–H and O–H groups in total. The van der Waals surface area contributed by atoms with Gasteiger partial charge in [-0.25, -0.2) is 0 Å². The van der Waals surface area contributed by atoms with Crippen LogP contribution in [0.2, 0.25) is 0 Å². The Bertz CT molecular complexity index is 4430. The zero-order valence-corrected chi connectivity index (χ0v) is 86.2. The molecule has 672 valence electrons. The van der Waals surface area contributed by atoms with Gasteiger partial charge in [-0.1, -0.05) is 477 Å². The van der Waals surface area contributed by atoms with Crippen molar-refractivity contribution >= 4 is 73.0 Å². The van der Waals surface area contributed by atoms with Crippen molar-refractivity contribution in [1.82, 2.24) is 4.57 Å².